The van der Waals surface area contributed by atoms with Crippen LogP contribution in [-0.4, -0.2) is 38.8 Å². The molecule has 0 radical (unpaired) electrons. The Morgan fingerprint density at radius 2 is 2.00 bits per heavy atom. The maximum absolute atomic E-state index is 12.6. The molecule has 25 heavy (non-hydrogen) atoms. The summed E-state index contributed by atoms with van der Waals surface area (Å²) in [4.78, 5) is 41.7. The second kappa shape index (κ2) is 5.70. The molecule has 0 bridgehead atoms. The van der Waals surface area contributed by atoms with E-state index in [4.69, 9.17) is 0 Å². The normalized spacial score (nSPS) is 19.8. The van der Waals surface area contributed by atoms with Gasteiger partial charge in [0.05, 0.1) is 5.69 Å². The molecule has 0 spiro atoms. The molecule has 7 heteroatoms. The van der Waals surface area contributed by atoms with Gasteiger partial charge in [-0.15, -0.1) is 0 Å². The van der Waals surface area contributed by atoms with Gasteiger partial charge in [-0.05, 0) is 30.2 Å². The smallest absolute Gasteiger partial charge is 0.255 e. The summed E-state index contributed by atoms with van der Waals surface area (Å²) >= 11 is 0. The summed E-state index contributed by atoms with van der Waals surface area (Å²) in [6.45, 7) is 0.313. The van der Waals surface area contributed by atoms with Gasteiger partial charge in [0.1, 0.15) is 11.8 Å². The minimum atomic E-state index is -0.625. The van der Waals surface area contributed by atoms with Crippen LogP contribution in [0, 0.1) is 0 Å². The molecule has 1 saturated heterocycles. The first kappa shape index (κ1) is 15.3. The third-order valence-electron chi connectivity index (χ3n) is 4.56. The number of nitrogens with one attached hydrogen (secondary N) is 1. The zero-order valence-electron chi connectivity index (χ0n) is 13.2. The molecule has 2 aliphatic heterocycles. The summed E-state index contributed by atoms with van der Waals surface area (Å²) in [5, 5.41) is 11.9. The van der Waals surface area contributed by atoms with Crippen LogP contribution in [0.5, 0.6) is 5.75 Å². The molecule has 1 aromatic carbocycles. The van der Waals surface area contributed by atoms with E-state index in [0.717, 1.165) is 11.1 Å². The van der Waals surface area contributed by atoms with Crippen molar-refractivity contribution in [1.29, 1.82) is 0 Å². The number of rotatable bonds is 2. The molecule has 3 heterocycles. The maximum Gasteiger partial charge on any atom is 0.255 e. The molecule has 1 fully saturated rings. The van der Waals surface area contributed by atoms with Gasteiger partial charge < -0.3 is 10.0 Å². The maximum atomic E-state index is 12.6. The van der Waals surface area contributed by atoms with Gasteiger partial charge in [-0.2, -0.15) is 0 Å². The standard InChI is InChI=1S/C18H15N3O4/c22-12-5-6-19-14(8-12)10-1-2-13-11(7-10)9-21(18(13)25)15-3-4-16(23)20-17(15)24/h1-2,5-8,15H,3-4,9H2,(H,19,22)(H,20,23,24). The van der Waals surface area contributed by atoms with E-state index >= 15 is 0 Å². The average molecular weight is 337 g/mol. The number of hydrogen-bond donors (Lipinski definition) is 2. The fourth-order valence-corrected chi connectivity index (χ4v) is 3.31. The van der Waals surface area contributed by atoms with Crippen LogP contribution >= 0.6 is 0 Å². The van der Waals surface area contributed by atoms with Gasteiger partial charge in [0, 0.05) is 36.4 Å². The second-order valence-corrected chi connectivity index (χ2v) is 6.17. The molecule has 1 atom stereocenters. The SMILES string of the molecule is O=C1CCC(N2Cc3cc(-c4cc(O)ccn4)ccc3C2=O)C(=O)N1. The molecular formula is C18H15N3O4. The summed E-state index contributed by atoms with van der Waals surface area (Å²) in [5.41, 5.74) is 2.74. The fourth-order valence-electron chi connectivity index (χ4n) is 3.31. The number of hydrogen-bond acceptors (Lipinski definition) is 5. The van der Waals surface area contributed by atoms with Crippen LogP contribution in [0.25, 0.3) is 11.3 Å². The van der Waals surface area contributed by atoms with Crippen LogP contribution in [0.3, 0.4) is 0 Å². The van der Waals surface area contributed by atoms with Gasteiger partial charge in [0.2, 0.25) is 11.8 Å². The number of carbonyl (C=O) groups is 3. The largest absolute Gasteiger partial charge is 0.508 e. The van der Waals surface area contributed by atoms with E-state index in [2.05, 4.69) is 10.3 Å². The lowest BCUT2D eigenvalue weighted by Gasteiger charge is -2.29. The second-order valence-electron chi connectivity index (χ2n) is 6.17. The molecule has 1 aromatic heterocycles. The Labute approximate surface area is 143 Å². The van der Waals surface area contributed by atoms with Gasteiger partial charge in [-0.3, -0.25) is 24.7 Å². The van der Waals surface area contributed by atoms with Gasteiger partial charge in [-0.25, -0.2) is 0 Å². The Kier molecular flexibility index (Phi) is 3.49. The number of aromatic hydroxyl groups is 1. The number of imide groups is 1. The highest BCUT2D eigenvalue weighted by molar-refractivity contribution is 6.05. The minimum absolute atomic E-state index is 0.117. The minimum Gasteiger partial charge on any atom is -0.508 e. The van der Waals surface area contributed by atoms with Crippen molar-refractivity contribution in [2.24, 2.45) is 0 Å². The van der Waals surface area contributed by atoms with Crippen molar-refractivity contribution in [2.75, 3.05) is 0 Å². The Hall–Kier alpha value is -3.22. The summed E-state index contributed by atoms with van der Waals surface area (Å²) < 4.78 is 0. The number of aromatic nitrogens is 1. The summed E-state index contributed by atoms with van der Waals surface area (Å²) in [5.74, 6) is -0.818. The van der Waals surface area contributed by atoms with Crippen molar-refractivity contribution < 1.29 is 19.5 Å². The molecule has 0 aliphatic carbocycles. The monoisotopic (exact) mass is 337 g/mol. The lowest BCUT2D eigenvalue weighted by atomic mass is 10.0. The van der Waals surface area contributed by atoms with Gasteiger partial charge in [0.15, 0.2) is 0 Å². The van der Waals surface area contributed by atoms with E-state index < -0.39 is 11.9 Å². The van der Waals surface area contributed by atoms with Gasteiger partial charge in [0.25, 0.3) is 5.91 Å². The highest BCUT2D eigenvalue weighted by Gasteiger charge is 2.39. The van der Waals surface area contributed by atoms with Gasteiger partial charge in [-0.1, -0.05) is 6.07 Å². The molecule has 4 rings (SSSR count). The Morgan fingerprint density at radius 3 is 2.76 bits per heavy atom. The molecular weight excluding hydrogens is 322 g/mol. The summed E-state index contributed by atoms with van der Waals surface area (Å²) in [6.07, 6.45) is 2.08. The van der Waals surface area contributed by atoms with Crippen LogP contribution in [0.15, 0.2) is 36.5 Å². The first-order valence-electron chi connectivity index (χ1n) is 7.96. The van der Waals surface area contributed by atoms with Crippen LogP contribution in [-0.2, 0) is 16.1 Å². The van der Waals surface area contributed by atoms with E-state index in [1.807, 2.05) is 6.07 Å². The van der Waals surface area contributed by atoms with Gasteiger partial charge >= 0.3 is 0 Å². The highest BCUT2D eigenvalue weighted by atomic mass is 16.3. The number of pyridine rings is 1. The highest BCUT2D eigenvalue weighted by Crippen LogP contribution is 2.31. The Bertz CT molecular complexity index is 909. The van der Waals surface area contributed by atoms with E-state index in [-0.39, 0.29) is 24.0 Å². The lowest BCUT2D eigenvalue weighted by molar-refractivity contribution is -0.136. The number of carbonyl (C=O) groups excluding carboxylic acids is 3. The number of nitrogens with zero attached hydrogens (tertiary/aromatic N) is 2. The van der Waals surface area contributed by atoms with E-state index in [0.29, 0.717) is 24.2 Å². The van der Waals surface area contributed by atoms with Crippen LogP contribution in [0.2, 0.25) is 0 Å². The van der Waals surface area contributed by atoms with Crippen molar-refractivity contribution in [3.05, 3.63) is 47.7 Å². The molecule has 126 valence electrons. The van der Waals surface area contributed by atoms with Crippen molar-refractivity contribution in [3.63, 3.8) is 0 Å². The molecule has 2 aliphatic rings. The predicted octanol–water partition coefficient (Wildman–Crippen LogP) is 1.22. The molecule has 2 N–H and O–H groups in total. The first-order chi connectivity index (χ1) is 12.0. The van der Waals surface area contributed by atoms with E-state index in [9.17, 15) is 19.5 Å². The molecule has 7 nitrogen and oxygen atoms in total. The van der Waals surface area contributed by atoms with Crippen molar-refractivity contribution >= 4 is 17.7 Å². The zero-order valence-corrected chi connectivity index (χ0v) is 13.2. The van der Waals surface area contributed by atoms with Crippen LogP contribution in [0.4, 0.5) is 0 Å². The molecule has 3 amide bonds. The predicted molar refractivity (Wildman–Crippen MR) is 87.4 cm³/mol. The number of amides is 3. The third-order valence-corrected chi connectivity index (χ3v) is 4.56. The van der Waals surface area contributed by atoms with Crippen molar-refractivity contribution in [2.45, 2.75) is 25.4 Å². The molecule has 1 unspecified atom stereocenters. The topological polar surface area (TPSA) is 99.6 Å². The first-order valence-corrected chi connectivity index (χ1v) is 7.96. The fraction of sp³-hybridized carbons (Fsp3) is 0.222. The average Bonchev–Trinajstić information content (AvgIpc) is 2.91. The van der Waals surface area contributed by atoms with Crippen LogP contribution < -0.4 is 5.32 Å². The summed E-state index contributed by atoms with van der Waals surface area (Å²) in [6, 6.07) is 7.75. The van der Waals surface area contributed by atoms with Crippen molar-refractivity contribution in [3.8, 4) is 17.0 Å². The molecule has 0 saturated carbocycles. The number of fused-ring (bicyclic) bond motifs is 1. The van der Waals surface area contributed by atoms with E-state index in [1.54, 1.807) is 18.2 Å². The Morgan fingerprint density at radius 1 is 1.16 bits per heavy atom. The summed E-state index contributed by atoms with van der Waals surface area (Å²) in [7, 11) is 0. The van der Waals surface area contributed by atoms with E-state index in [1.165, 1.54) is 17.2 Å². The zero-order chi connectivity index (χ0) is 17.6. The number of piperidine rings is 1. The Balaban J connectivity index is 1.63. The van der Waals surface area contributed by atoms with Crippen LogP contribution in [0.1, 0.15) is 28.8 Å². The quantitative estimate of drug-likeness (QED) is 0.803. The number of benzene rings is 1. The molecule has 2 aromatic rings. The lowest BCUT2D eigenvalue weighted by Crippen LogP contribution is -2.52. The van der Waals surface area contributed by atoms with Crippen molar-refractivity contribution in [1.82, 2.24) is 15.2 Å². The third kappa shape index (κ3) is 2.63.